The van der Waals surface area contributed by atoms with Gasteiger partial charge < -0.3 is 15.4 Å². The molecule has 2 atom stereocenters. The number of nitrogens with zero attached hydrogens (tertiary/aromatic N) is 2. The lowest BCUT2D eigenvalue weighted by Gasteiger charge is -2.28. The molecule has 0 aliphatic carbocycles. The van der Waals surface area contributed by atoms with E-state index in [-0.39, 0.29) is 0 Å². The van der Waals surface area contributed by atoms with E-state index < -0.39 is 0 Å². The summed E-state index contributed by atoms with van der Waals surface area (Å²) in [5.74, 6) is 1.62. The van der Waals surface area contributed by atoms with Crippen LogP contribution in [0.4, 0.5) is 11.8 Å². The minimum atomic E-state index is 0.326. The molecule has 2 unspecified atom stereocenters. The van der Waals surface area contributed by atoms with Gasteiger partial charge in [-0.25, -0.2) is 4.98 Å². The average molecular weight is 264 g/mol. The summed E-state index contributed by atoms with van der Waals surface area (Å²) in [7, 11) is 0. The second-order valence-corrected chi connectivity index (χ2v) is 5.19. The van der Waals surface area contributed by atoms with Crippen LogP contribution in [0.3, 0.4) is 0 Å². The van der Waals surface area contributed by atoms with Crippen LogP contribution in [0.15, 0.2) is 6.07 Å². The van der Waals surface area contributed by atoms with Gasteiger partial charge in [0.2, 0.25) is 5.95 Å². The largest absolute Gasteiger partial charge is 0.378 e. The fraction of sp³-hybridized carbons (Fsp3) is 0.714. The number of anilines is 2. The summed E-state index contributed by atoms with van der Waals surface area (Å²) >= 11 is 0. The number of aryl methyl sites for hydroxylation is 1. The zero-order valence-corrected chi connectivity index (χ0v) is 12.1. The van der Waals surface area contributed by atoms with Crippen LogP contribution in [-0.2, 0) is 4.74 Å². The molecule has 2 heterocycles. The monoisotopic (exact) mass is 264 g/mol. The molecule has 1 aliphatic heterocycles. The Morgan fingerprint density at radius 2 is 2.26 bits per heavy atom. The van der Waals surface area contributed by atoms with Crippen molar-refractivity contribution in [2.24, 2.45) is 0 Å². The summed E-state index contributed by atoms with van der Waals surface area (Å²) in [5, 5.41) is 6.73. The van der Waals surface area contributed by atoms with Gasteiger partial charge in [0, 0.05) is 31.0 Å². The van der Waals surface area contributed by atoms with E-state index >= 15 is 0 Å². The average Bonchev–Trinajstić information content (AvgIpc) is 2.35. The quantitative estimate of drug-likeness (QED) is 0.856. The fourth-order valence-electron chi connectivity index (χ4n) is 2.30. The SMILES string of the molecule is CCCNc1nc(C)cc(NC2CCOC(C)C2)n1. The topological polar surface area (TPSA) is 59.1 Å². The van der Waals surface area contributed by atoms with Crippen LogP contribution in [-0.4, -0.2) is 35.3 Å². The molecule has 0 bridgehead atoms. The van der Waals surface area contributed by atoms with Gasteiger partial charge in [-0.2, -0.15) is 4.98 Å². The van der Waals surface area contributed by atoms with Crippen molar-refractivity contribution in [3.8, 4) is 0 Å². The van der Waals surface area contributed by atoms with Gasteiger partial charge in [-0.15, -0.1) is 0 Å². The molecular formula is C14H24N4O. The van der Waals surface area contributed by atoms with Crippen molar-refractivity contribution < 1.29 is 4.74 Å². The van der Waals surface area contributed by atoms with Gasteiger partial charge in [-0.1, -0.05) is 6.92 Å². The Hall–Kier alpha value is -1.36. The Bertz CT molecular complexity index is 410. The van der Waals surface area contributed by atoms with Crippen LogP contribution in [0.2, 0.25) is 0 Å². The van der Waals surface area contributed by atoms with E-state index in [4.69, 9.17) is 4.74 Å². The second kappa shape index (κ2) is 6.70. The molecule has 0 aromatic carbocycles. The highest BCUT2D eigenvalue weighted by molar-refractivity contribution is 5.42. The van der Waals surface area contributed by atoms with Crippen molar-refractivity contribution in [3.63, 3.8) is 0 Å². The van der Waals surface area contributed by atoms with Crippen LogP contribution in [0.25, 0.3) is 0 Å². The van der Waals surface area contributed by atoms with E-state index in [1.807, 2.05) is 13.0 Å². The van der Waals surface area contributed by atoms with Crippen LogP contribution >= 0.6 is 0 Å². The van der Waals surface area contributed by atoms with Crippen molar-refractivity contribution in [2.75, 3.05) is 23.8 Å². The lowest BCUT2D eigenvalue weighted by Crippen LogP contribution is -2.32. The predicted octanol–water partition coefficient (Wildman–Crippen LogP) is 2.59. The Kier molecular flexibility index (Phi) is 4.96. The Morgan fingerprint density at radius 1 is 1.42 bits per heavy atom. The Labute approximate surface area is 115 Å². The lowest BCUT2D eigenvalue weighted by atomic mass is 10.0. The van der Waals surface area contributed by atoms with Crippen molar-refractivity contribution >= 4 is 11.8 Å². The minimum Gasteiger partial charge on any atom is -0.378 e. The van der Waals surface area contributed by atoms with Crippen molar-refractivity contribution in [3.05, 3.63) is 11.8 Å². The van der Waals surface area contributed by atoms with Crippen molar-refractivity contribution in [1.29, 1.82) is 0 Å². The van der Waals surface area contributed by atoms with Gasteiger partial charge in [0.05, 0.1) is 6.10 Å². The predicted molar refractivity (Wildman–Crippen MR) is 77.6 cm³/mol. The fourth-order valence-corrected chi connectivity index (χ4v) is 2.30. The van der Waals surface area contributed by atoms with Crippen molar-refractivity contribution in [2.45, 2.75) is 52.2 Å². The zero-order chi connectivity index (χ0) is 13.7. The van der Waals surface area contributed by atoms with E-state index in [1.165, 1.54) is 0 Å². The molecule has 0 radical (unpaired) electrons. The normalized spacial score (nSPS) is 23.1. The second-order valence-electron chi connectivity index (χ2n) is 5.19. The Morgan fingerprint density at radius 3 is 3.00 bits per heavy atom. The van der Waals surface area contributed by atoms with E-state index in [0.717, 1.165) is 43.9 Å². The van der Waals surface area contributed by atoms with E-state index in [9.17, 15) is 0 Å². The van der Waals surface area contributed by atoms with Gasteiger partial charge in [0.15, 0.2) is 0 Å². The molecule has 5 heteroatoms. The summed E-state index contributed by atoms with van der Waals surface area (Å²) < 4.78 is 5.56. The smallest absolute Gasteiger partial charge is 0.224 e. The van der Waals surface area contributed by atoms with E-state index in [2.05, 4.69) is 34.4 Å². The highest BCUT2D eigenvalue weighted by Gasteiger charge is 2.19. The third-order valence-corrected chi connectivity index (χ3v) is 3.22. The van der Waals surface area contributed by atoms with Crippen LogP contribution in [0.1, 0.15) is 38.8 Å². The van der Waals surface area contributed by atoms with Gasteiger partial charge in [0.25, 0.3) is 0 Å². The first-order chi connectivity index (χ1) is 9.17. The third kappa shape index (κ3) is 4.35. The first-order valence-corrected chi connectivity index (χ1v) is 7.15. The molecule has 2 N–H and O–H groups in total. The zero-order valence-electron chi connectivity index (χ0n) is 12.1. The highest BCUT2D eigenvalue weighted by Crippen LogP contribution is 2.18. The summed E-state index contributed by atoms with van der Waals surface area (Å²) in [4.78, 5) is 8.91. The number of hydrogen-bond acceptors (Lipinski definition) is 5. The number of nitrogens with one attached hydrogen (secondary N) is 2. The van der Waals surface area contributed by atoms with Gasteiger partial charge in [-0.05, 0) is 33.1 Å². The van der Waals surface area contributed by atoms with Gasteiger partial charge in [0.1, 0.15) is 5.82 Å². The summed E-state index contributed by atoms with van der Waals surface area (Å²) in [6, 6.07) is 2.44. The molecule has 106 valence electrons. The van der Waals surface area contributed by atoms with Crippen LogP contribution in [0.5, 0.6) is 0 Å². The van der Waals surface area contributed by atoms with E-state index in [0.29, 0.717) is 18.1 Å². The summed E-state index contributed by atoms with van der Waals surface area (Å²) in [5.41, 5.74) is 0.983. The molecule has 5 nitrogen and oxygen atoms in total. The molecule has 0 saturated carbocycles. The van der Waals surface area contributed by atoms with Crippen LogP contribution in [0, 0.1) is 6.92 Å². The van der Waals surface area contributed by atoms with Crippen LogP contribution < -0.4 is 10.6 Å². The van der Waals surface area contributed by atoms with E-state index in [1.54, 1.807) is 0 Å². The number of hydrogen-bond donors (Lipinski definition) is 2. The minimum absolute atomic E-state index is 0.326. The Balaban J connectivity index is 2.00. The molecule has 1 fully saturated rings. The molecular weight excluding hydrogens is 240 g/mol. The molecule has 1 aromatic rings. The first-order valence-electron chi connectivity index (χ1n) is 7.15. The molecule has 0 spiro atoms. The molecule has 2 rings (SSSR count). The highest BCUT2D eigenvalue weighted by atomic mass is 16.5. The first kappa shape index (κ1) is 14.1. The summed E-state index contributed by atoms with van der Waals surface area (Å²) in [6.45, 7) is 7.97. The van der Waals surface area contributed by atoms with Gasteiger partial charge >= 0.3 is 0 Å². The lowest BCUT2D eigenvalue weighted by molar-refractivity contribution is 0.0232. The number of aromatic nitrogens is 2. The standard InChI is InChI=1S/C14H24N4O/c1-4-6-15-14-16-10(2)8-13(18-14)17-12-5-7-19-11(3)9-12/h8,11-12H,4-7,9H2,1-3H3,(H2,15,16,17,18). The summed E-state index contributed by atoms with van der Waals surface area (Å²) in [6.07, 6.45) is 3.45. The molecule has 0 amide bonds. The molecule has 19 heavy (non-hydrogen) atoms. The maximum absolute atomic E-state index is 5.56. The molecule has 1 aliphatic rings. The maximum atomic E-state index is 5.56. The molecule has 1 saturated heterocycles. The maximum Gasteiger partial charge on any atom is 0.224 e. The van der Waals surface area contributed by atoms with Crippen molar-refractivity contribution in [1.82, 2.24) is 9.97 Å². The number of rotatable bonds is 5. The number of ether oxygens (including phenoxy) is 1. The third-order valence-electron chi connectivity index (χ3n) is 3.22. The molecule has 1 aromatic heterocycles. The van der Waals surface area contributed by atoms with Gasteiger partial charge in [-0.3, -0.25) is 0 Å².